The lowest BCUT2D eigenvalue weighted by molar-refractivity contribution is 0.589. The molecule has 5 nitrogen and oxygen atoms in total. The van der Waals surface area contributed by atoms with Gasteiger partial charge in [-0.2, -0.15) is 10.2 Å². The fraction of sp³-hybridized carbons (Fsp3) is 0.200. The van der Waals surface area contributed by atoms with Crippen molar-refractivity contribution in [2.75, 3.05) is 0 Å². The highest BCUT2D eigenvalue weighted by Gasteiger charge is 2.26. The first-order chi connectivity index (χ1) is 5.20. The van der Waals surface area contributed by atoms with Crippen molar-refractivity contribution >= 4 is 10.0 Å². The highest BCUT2D eigenvalue weighted by Crippen LogP contribution is 2.17. The third-order valence-electron chi connectivity index (χ3n) is 1.47. The van der Waals surface area contributed by atoms with Crippen LogP contribution in [0.3, 0.4) is 0 Å². The van der Waals surface area contributed by atoms with Crippen molar-refractivity contribution in [3.05, 3.63) is 18.0 Å². The zero-order chi connectivity index (χ0) is 7.90. The lowest BCUT2D eigenvalue weighted by atomic mass is 10.4. The Morgan fingerprint density at radius 1 is 1.55 bits per heavy atom. The molecule has 0 amide bonds. The molecule has 0 radical (unpaired) electrons. The first-order valence-corrected chi connectivity index (χ1v) is 4.49. The first-order valence-electron chi connectivity index (χ1n) is 3.00. The van der Waals surface area contributed by atoms with Gasteiger partial charge >= 0.3 is 0 Å². The van der Waals surface area contributed by atoms with Crippen LogP contribution in [0.15, 0.2) is 17.2 Å². The molecule has 0 spiro atoms. The SMILES string of the molecule is O=S1(=O)NCc2nnccc21. The van der Waals surface area contributed by atoms with Crippen molar-refractivity contribution in [1.82, 2.24) is 14.9 Å². The molecule has 0 fully saturated rings. The Labute approximate surface area is 63.5 Å². The molecule has 0 saturated heterocycles. The summed E-state index contributed by atoms with van der Waals surface area (Å²) in [5.41, 5.74) is 0.493. The van der Waals surface area contributed by atoms with Gasteiger partial charge in [-0.25, -0.2) is 13.1 Å². The molecule has 0 bridgehead atoms. The van der Waals surface area contributed by atoms with Crippen LogP contribution in [0, 0.1) is 0 Å². The minimum Gasteiger partial charge on any atom is -0.207 e. The van der Waals surface area contributed by atoms with Crippen LogP contribution in [-0.4, -0.2) is 18.6 Å². The molecule has 6 heteroatoms. The number of hydrogen-bond donors (Lipinski definition) is 1. The zero-order valence-electron chi connectivity index (χ0n) is 5.48. The minimum atomic E-state index is -3.26. The number of hydrogen-bond acceptors (Lipinski definition) is 4. The molecule has 0 unspecified atom stereocenters. The summed E-state index contributed by atoms with van der Waals surface area (Å²) >= 11 is 0. The molecular weight excluding hydrogens is 166 g/mol. The second-order valence-electron chi connectivity index (χ2n) is 2.17. The summed E-state index contributed by atoms with van der Waals surface area (Å²) in [6.07, 6.45) is 1.36. The Bertz CT molecular complexity index is 386. The van der Waals surface area contributed by atoms with Crippen LogP contribution in [-0.2, 0) is 16.6 Å². The van der Waals surface area contributed by atoms with Gasteiger partial charge in [0.15, 0.2) is 0 Å². The molecule has 0 aromatic carbocycles. The van der Waals surface area contributed by atoms with E-state index in [4.69, 9.17) is 0 Å². The second-order valence-corrected chi connectivity index (χ2v) is 3.90. The number of nitrogens with one attached hydrogen (secondary N) is 1. The molecule has 2 rings (SSSR count). The third-order valence-corrected chi connectivity index (χ3v) is 2.95. The summed E-state index contributed by atoms with van der Waals surface area (Å²) in [6, 6.07) is 1.44. The molecule has 1 aromatic rings. The maximum absolute atomic E-state index is 11.1. The Kier molecular flexibility index (Phi) is 1.21. The summed E-state index contributed by atoms with van der Waals surface area (Å²) in [5.74, 6) is 0. The molecule has 1 aromatic heterocycles. The van der Waals surface area contributed by atoms with Crippen molar-refractivity contribution in [3.63, 3.8) is 0 Å². The average Bonchev–Trinajstić information content (AvgIpc) is 2.29. The normalized spacial score (nSPS) is 19.6. The van der Waals surface area contributed by atoms with Gasteiger partial charge in [-0.15, -0.1) is 0 Å². The number of rotatable bonds is 0. The molecule has 1 aliphatic heterocycles. The van der Waals surface area contributed by atoms with Gasteiger partial charge in [0.2, 0.25) is 10.0 Å². The fourth-order valence-electron chi connectivity index (χ4n) is 0.958. The van der Waals surface area contributed by atoms with E-state index < -0.39 is 10.0 Å². The quantitative estimate of drug-likeness (QED) is 0.558. The van der Waals surface area contributed by atoms with Crippen LogP contribution in [0.4, 0.5) is 0 Å². The molecule has 58 valence electrons. The molecule has 1 N–H and O–H groups in total. The Morgan fingerprint density at radius 2 is 2.36 bits per heavy atom. The van der Waals surface area contributed by atoms with E-state index in [1.165, 1.54) is 12.3 Å². The van der Waals surface area contributed by atoms with Gasteiger partial charge in [-0.3, -0.25) is 0 Å². The topological polar surface area (TPSA) is 72.0 Å². The van der Waals surface area contributed by atoms with E-state index in [9.17, 15) is 8.42 Å². The van der Waals surface area contributed by atoms with Gasteiger partial charge < -0.3 is 0 Å². The predicted octanol–water partition coefficient (Wildman–Crippen LogP) is -0.732. The van der Waals surface area contributed by atoms with E-state index >= 15 is 0 Å². The Morgan fingerprint density at radius 3 is 3.09 bits per heavy atom. The highest BCUT2D eigenvalue weighted by molar-refractivity contribution is 7.89. The largest absolute Gasteiger partial charge is 0.242 e. The summed E-state index contributed by atoms with van der Waals surface area (Å²) in [4.78, 5) is 0.243. The number of nitrogens with zero attached hydrogens (tertiary/aromatic N) is 2. The van der Waals surface area contributed by atoms with Crippen LogP contribution >= 0.6 is 0 Å². The second kappa shape index (κ2) is 1.99. The third kappa shape index (κ3) is 0.908. The van der Waals surface area contributed by atoms with Crippen molar-refractivity contribution in [2.45, 2.75) is 11.4 Å². The summed E-state index contributed by atoms with van der Waals surface area (Å²) < 4.78 is 24.5. The first kappa shape index (κ1) is 6.68. The van der Waals surface area contributed by atoms with Crippen LogP contribution in [0.2, 0.25) is 0 Å². The lowest BCUT2D eigenvalue weighted by Crippen LogP contribution is -2.13. The van der Waals surface area contributed by atoms with E-state index in [0.717, 1.165) is 0 Å². The molecule has 1 aliphatic rings. The highest BCUT2D eigenvalue weighted by atomic mass is 32.2. The van der Waals surface area contributed by atoms with Gasteiger partial charge in [0.25, 0.3) is 0 Å². The van der Waals surface area contributed by atoms with E-state index in [-0.39, 0.29) is 11.4 Å². The lowest BCUT2D eigenvalue weighted by Gasteiger charge is -1.91. The Hall–Kier alpha value is -1.01. The van der Waals surface area contributed by atoms with Crippen LogP contribution in [0.5, 0.6) is 0 Å². The molecule has 2 heterocycles. The average molecular weight is 171 g/mol. The number of sulfonamides is 1. The van der Waals surface area contributed by atoms with Gasteiger partial charge in [0.1, 0.15) is 4.90 Å². The molecule has 0 atom stereocenters. The molecule has 11 heavy (non-hydrogen) atoms. The van der Waals surface area contributed by atoms with Gasteiger partial charge in [-0.05, 0) is 6.07 Å². The van der Waals surface area contributed by atoms with Crippen LogP contribution < -0.4 is 4.72 Å². The molecule has 0 aliphatic carbocycles. The maximum atomic E-state index is 11.1. The van der Waals surface area contributed by atoms with Gasteiger partial charge in [0, 0.05) is 0 Å². The van der Waals surface area contributed by atoms with E-state index in [1.54, 1.807) is 0 Å². The smallest absolute Gasteiger partial charge is 0.207 e. The number of fused-ring (bicyclic) bond motifs is 1. The fourth-order valence-corrected chi connectivity index (χ4v) is 2.10. The predicted molar refractivity (Wildman–Crippen MR) is 36.1 cm³/mol. The number of aromatic nitrogens is 2. The monoisotopic (exact) mass is 171 g/mol. The van der Waals surface area contributed by atoms with Gasteiger partial charge in [-0.1, -0.05) is 0 Å². The van der Waals surface area contributed by atoms with Crippen molar-refractivity contribution < 1.29 is 8.42 Å². The summed E-state index contributed by atoms with van der Waals surface area (Å²) in [6.45, 7) is 0.255. The molecular formula is C5H5N3O2S. The van der Waals surface area contributed by atoms with Crippen LogP contribution in [0.25, 0.3) is 0 Å². The Balaban J connectivity index is 2.75. The van der Waals surface area contributed by atoms with Crippen molar-refractivity contribution in [3.8, 4) is 0 Å². The summed E-state index contributed by atoms with van der Waals surface area (Å²) in [5, 5.41) is 7.23. The minimum absolute atomic E-state index is 0.243. The standard InChI is InChI=1S/C5H5N3O2S/c9-11(10)5-1-2-6-8-4(5)3-7-11/h1-2,7H,3H2. The zero-order valence-corrected chi connectivity index (χ0v) is 6.30. The van der Waals surface area contributed by atoms with E-state index in [0.29, 0.717) is 5.69 Å². The van der Waals surface area contributed by atoms with Crippen molar-refractivity contribution in [2.24, 2.45) is 0 Å². The van der Waals surface area contributed by atoms with Crippen LogP contribution in [0.1, 0.15) is 5.69 Å². The molecule has 0 saturated carbocycles. The van der Waals surface area contributed by atoms with Crippen molar-refractivity contribution in [1.29, 1.82) is 0 Å². The maximum Gasteiger partial charge on any atom is 0.242 e. The van der Waals surface area contributed by atoms with E-state index in [1.807, 2.05) is 0 Å². The van der Waals surface area contributed by atoms with Gasteiger partial charge in [0.05, 0.1) is 18.4 Å². The summed E-state index contributed by atoms with van der Waals surface area (Å²) in [7, 11) is -3.26. The van der Waals surface area contributed by atoms with E-state index in [2.05, 4.69) is 14.9 Å².